The molecule has 156 valence electrons. The van der Waals surface area contributed by atoms with Crippen LogP contribution >= 0.6 is 0 Å². The zero-order valence-electron chi connectivity index (χ0n) is 17.1. The van der Waals surface area contributed by atoms with E-state index in [4.69, 9.17) is 9.47 Å². The van der Waals surface area contributed by atoms with Gasteiger partial charge in [0.1, 0.15) is 5.54 Å². The van der Waals surface area contributed by atoms with E-state index in [1.165, 1.54) is 0 Å². The van der Waals surface area contributed by atoms with Crippen LogP contribution in [0.25, 0.3) is 0 Å². The van der Waals surface area contributed by atoms with Gasteiger partial charge in [0.25, 0.3) is 5.91 Å². The third kappa shape index (κ3) is 3.51. The molecule has 2 aromatic carbocycles. The van der Waals surface area contributed by atoms with E-state index in [0.717, 1.165) is 23.3 Å². The van der Waals surface area contributed by atoms with Gasteiger partial charge >= 0.3 is 6.03 Å². The van der Waals surface area contributed by atoms with Crippen LogP contribution in [0, 0.1) is 0 Å². The molecule has 2 heterocycles. The van der Waals surface area contributed by atoms with E-state index in [2.05, 4.69) is 5.32 Å². The zero-order chi connectivity index (χ0) is 21.3. The van der Waals surface area contributed by atoms with Gasteiger partial charge in [0.2, 0.25) is 0 Å². The van der Waals surface area contributed by atoms with E-state index in [0.29, 0.717) is 35.8 Å². The first-order chi connectivity index (χ1) is 14.4. The Hall–Kier alpha value is -3.35. The fourth-order valence-corrected chi connectivity index (χ4v) is 3.67. The van der Waals surface area contributed by atoms with Gasteiger partial charge in [-0.25, -0.2) is 4.79 Å². The van der Waals surface area contributed by atoms with Crippen LogP contribution < -0.4 is 14.8 Å². The van der Waals surface area contributed by atoms with E-state index in [1.807, 2.05) is 19.1 Å². The average molecular weight is 408 g/mol. The van der Waals surface area contributed by atoms with Gasteiger partial charge in [-0.2, -0.15) is 0 Å². The minimum absolute atomic E-state index is 0.288. The number of carbonyl (C=O) groups is 3. The summed E-state index contributed by atoms with van der Waals surface area (Å²) in [6, 6.07) is 11.8. The predicted octanol–water partition coefficient (Wildman–Crippen LogP) is 3.06. The molecule has 0 radical (unpaired) electrons. The number of ether oxygens (including phenoxy) is 2. The van der Waals surface area contributed by atoms with Crippen molar-refractivity contribution in [2.75, 3.05) is 19.8 Å². The highest BCUT2D eigenvalue weighted by atomic mass is 16.5. The van der Waals surface area contributed by atoms with E-state index >= 15 is 0 Å². The molecule has 2 aliphatic heterocycles. The molecule has 0 aliphatic carbocycles. The van der Waals surface area contributed by atoms with Crippen molar-refractivity contribution in [1.29, 1.82) is 0 Å². The number of amides is 3. The summed E-state index contributed by atoms with van der Waals surface area (Å²) in [5.41, 5.74) is 0.876. The Bertz CT molecular complexity index is 1000. The van der Waals surface area contributed by atoms with Crippen LogP contribution in [0.5, 0.6) is 11.5 Å². The lowest BCUT2D eigenvalue weighted by Gasteiger charge is -2.23. The first-order valence-corrected chi connectivity index (χ1v) is 10.1. The maximum Gasteiger partial charge on any atom is 0.325 e. The van der Waals surface area contributed by atoms with Gasteiger partial charge in [0, 0.05) is 12.0 Å². The SMILES string of the molecule is CCc1ccc(C(=O)CN2C(=O)N[C@](C)(c3ccc4c(c3)OCCCO4)C2=O)cc1. The van der Waals surface area contributed by atoms with Gasteiger partial charge in [-0.05, 0) is 36.6 Å². The van der Waals surface area contributed by atoms with Crippen molar-refractivity contribution in [2.24, 2.45) is 0 Å². The monoisotopic (exact) mass is 408 g/mol. The number of fused-ring (bicyclic) bond motifs is 1. The first kappa shape index (κ1) is 19.9. The van der Waals surface area contributed by atoms with Crippen molar-refractivity contribution in [3.63, 3.8) is 0 Å². The van der Waals surface area contributed by atoms with Crippen LogP contribution in [-0.2, 0) is 16.8 Å². The normalized spacial score (nSPS) is 20.7. The number of nitrogens with zero attached hydrogens (tertiary/aromatic N) is 1. The van der Waals surface area contributed by atoms with Crippen LogP contribution in [0.4, 0.5) is 4.79 Å². The Morgan fingerprint density at radius 3 is 2.47 bits per heavy atom. The number of Topliss-reactive ketones (excluding diaryl/α,β-unsaturated/α-hetero) is 1. The number of carbonyl (C=O) groups excluding carboxylic acids is 3. The minimum Gasteiger partial charge on any atom is -0.490 e. The molecule has 7 heteroatoms. The molecular formula is C23H24N2O5. The van der Waals surface area contributed by atoms with Gasteiger partial charge < -0.3 is 14.8 Å². The Morgan fingerprint density at radius 2 is 1.77 bits per heavy atom. The number of ketones is 1. The quantitative estimate of drug-likeness (QED) is 0.607. The topological polar surface area (TPSA) is 84.9 Å². The van der Waals surface area contributed by atoms with Gasteiger partial charge in [-0.1, -0.05) is 37.3 Å². The molecule has 0 unspecified atom stereocenters. The highest BCUT2D eigenvalue weighted by molar-refractivity contribution is 6.11. The highest BCUT2D eigenvalue weighted by Crippen LogP contribution is 2.36. The molecule has 2 aromatic rings. The third-order valence-electron chi connectivity index (χ3n) is 5.59. The number of hydrogen-bond acceptors (Lipinski definition) is 5. The second-order valence-corrected chi connectivity index (χ2v) is 7.63. The molecule has 2 aliphatic rings. The maximum atomic E-state index is 13.2. The van der Waals surface area contributed by atoms with Crippen molar-refractivity contribution >= 4 is 17.7 Å². The summed E-state index contributed by atoms with van der Waals surface area (Å²) in [4.78, 5) is 39.4. The smallest absolute Gasteiger partial charge is 0.325 e. The summed E-state index contributed by atoms with van der Waals surface area (Å²) < 4.78 is 11.3. The zero-order valence-corrected chi connectivity index (χ0v) is 17.1. The van der Waals surface area contributed by atoms with Crippen LogP contribution in [-0.4, -0.2) is 42.4 Å². The first-order valence-electron chi connectivity index (χ1n) is 10.1. The van der Waals surface area contributed by atoms with Crippen molar-refractivity contribution in [1.82, 2.24) is 10.2 Å². The second kappa shape index (κ2) is 7.82. The molecule has 3 amide bonds. The fraction of sp³-hybridized carbons (Fsp3) is 0.348. The van der Waals surface area contributed by atoms with Gasteiger partial charge in [0.15, 0.2) is 17.3 Å². The summed E-state index contributed by atoms with van der Waals surface area (Å²) in [5.74, 6) is 0.391. The van der Waals surface area contributed by atoms with Crippen LogP contribution in [0.2, 0.25) is 0 Å². The maximum absolute atomic E-state index is 13.2. The number of benzene rings is 2. The summed E-state index contributed by atoms with van der Waals surface area (Å²) >= 11 is 0. The predicted molar refractivity (Wildman–Crippen MR) is 110 cm³/mol. The Balaban J connectivity index is 1.55. The van der Waals surface area contributed by atoms with Crippen LogP contribution in [0.1, 0.15) is 41.8 Å². The summed E-state index contributed by atoms with van der Waals surface area (Å²) in [7, 11) is 0. The Morgan fingerprint density at radius 1 is 1.07 bits per heavy atom. The van der Waals surface area contributed by atoms with Crippen molar-refractivity contribution in [2.45, 2.75) is 32.2 Å². The third-order valence-corrected chi connectivity index (χ3v) is 5.59. The molecule has 0 bridgehead atoms. The molecule has 0 spiro atoms. The van der Waals surface area contributed by atoms with Crippen molar-refractivity contribution in [3.8, 4) is 11.5 Å². The average Bonchev–Trinajstić information content (AvgIpc) is 2.93. The molecule has 1 fully saturated rings. The van der Waals surface area contributed by atoms with Gasteiger partial charge in [-0.15, -0.1) is 0 Å². The number of rotatable bonds is 5. The second-order valence-electron chi connectivity index (χ2n) is 7.63. The number of imide groups is 1. The number of aryl methyl sites for hydroxylation is 1. The molecule has 30 heavy (non-hydrogen) atoms. The van der Waals surface area contributed by atoms with Crippen molar-refractivity contribution < 1.29 is 23.9 Å². The lowest BCUT2D eigenvalue weighted by Crippen LogP contribution is -2.41. The summed E-state index contributed by atoms with van der Waals surface area (Å²) in [6.07, 6.45) is 1.64. The molecule has 1 atom stereocenters. The van der Waals surface area contributed by atoms with E-state index in [1.54, 1.807) is 37.3 Å². The lowest BCUT2D eigenvalue weighted by molar-refractivity contribution is -0.130. The number of hydrogen-bond donors (Lipinski definition) is 1. The van der Waals surface area contributed by atoms with Crippen molar-refractivity contribution in [3.05, 3.63) is 59.2 Å². The molecule has 0 saturated carbocycles. The van der Waals surface area contributed by atoms with E-state index in [-0.39, 0.29) is 12.3 Å². The summed E-state index contributed by atoms with van der Waals surface area (Å²) in [6.45, 7) is 4.44. The van der Waals surface area contributed by atoms with Crippen LogP contribution in [0.15, 0.2) is 42.5 Å². The standard InChI is InChI=1S/C23H24N2O5/c1-3-15-5-7-16(8-6-15)18(26)14-25-21(27)23(2,24-22(25)28)17-9-10-19-20(13-17)30-12-4-11-29-19/h5-10,13H,3-4,11-12,14H2,1-2H3,(H,24,28)/t23-/m1/s1. The molecule has 4 rings (SSSR count). The Labute approximate surface area is 175 Å². The lowest BCUT2D eigenvalue weighted by atomic mass is 9.91. The van der Waals surface area contributed by atoms with E-state index < -0.39 is 17.5 Å². The number of urea groups is 1. The summed E-state index contributed by atoms with van der Waals surface area (Å²) in [5, 5.41) is 2.73. The van der Waals surface area contributed by atoms with Gasteiger partial charge in [-0.3, -0.25) is 14.5 Å². The van der Waals surface area contributed by atoms with E-state index in [9.17, 15) is 14.4 Å². The largest absolute Gasteiger partial charge is 0.490 e. The van der Waals surface area contributed by atoms with Gasteiger partial charge in [0.05, 0.1) is 19.8 Å². The highest BCUT2D eigenvalue weighted by Gasteiger charge is 2.49. The molecular weight excluding hydrogens is 384 g/mol. The fourth-order valence-electron chi connectivity index (χ4n) is 3.67. The molecule has 1 saturated heterocycles. The number of nitrogens with one attached hydrogen (secondary N) is 1. The van der Waals surface area contributed by atoms with Crippen LogP contribution in [0.3, 0.4) is 0 Å². The minimum atomic E-state index is -1.28. The molecule has 7 nitrogen and oxygen atoms in total. The molecule has 0 aromatic heterocycles. The molecule has 1 N–H and O–H groups in total. The Kier molecular flexibility index (Phi) is 5.20.